The fraction of sp³-hybridized carbons (Fsp3) is 0.667. The van der Waals surface area contributed by atoms with E-state index >= 15 is 0 Å². The normalized spacial score (nSPS) is 14.4. The highest BCUT2D eigenvalue weighted by atomic mass is 16.3. The minimum Gasteiger partial charge on any atom is -0.495 e. The molecule has 0 aliphatic carbocycles. The third-order valence-electron chi connectivity index (χ3n) is 3.18. The molecule has 2 unspecified atom stereocenters. The first-order valence-electron chi connectivity index (χ1n) is 5.48. The van der Waals surface area contributed by atoms with Crippen molar-refractivity contribution in [2.75, 3.05) is 14.1 Å². The Kier molecular flexibility index (Phi) is 5.38. The summed E-state index contributed by atoms with van der Waals surface area (Å²) in [5, 5.41) is 9.26. The molecule has 0 bridgehead atoms. The first-order valence-corrected chi connectivity index (χ1v) is 5.48. The monoisotopic (exact) mass is 227 g/mol. The van der Waals surface area contributed by atoms with Crippen LogP contribution < -0.4 is 5.73 Å². The van der Waals surface area contributed by atoms with E-state index in [1.165, 1.54) is 4.90 Å². The fourth-order valence-electron chi connectivity index (χ4n) is 1.29. The summed E-state index contributed by atoms with van der Waals surface area (Å²) < 4.78 is 0. The minimum absolute atomic E-state index is 0.0515. The van der Waals surface area contributed by atoms with Gasteiger partial charge in [0.05, 0.1) is 0 Å². The second kappa shape index (κ2) is 5.80. The molecule has 94 valence electrons. The first kappa shape index (κ1) is 14.8. The van der Waals surface area contributed by atoms with Crippen LogP contribution in [0.1, 0.15) is 20.8 Å². The third kappa shape index (κ3) is 3.45. The number of aliphatic hydroxyl groups is 1. The average molecular weight is 227 g/mol. The number of hydrogen-bond donors (Lipinski definition) is 2. The molecule has 0 fully saturated rings. The van der Waals surface area contributed by atoms with E-state index in [-0.39, 0.29) is 5.88 Å². The molecule has 16 heavy (non-hydrogen) atoms. The van der Waals surface area contributed by atoms with Gasteiger partial charge in [-0.2, -0.15) is 0 Å². The van der Waals surface area contributed by atoms with Gasteiger partial charge in [-0.1, -0.05) is 27.4 Å². The standard InChI is InChI=1S/C12H25N3O/c1-8(2)9(3)10(4)14(6)12(13)15(7)11(5)16/h8-9,12,16H,4-5,13H2,1-3,6-7H3. The van der Waals surface area contributed by atoms with Crippen molar-refractivity contribution in [1.82, 2.24) is 9.80 Å². The van der Waals surface area contributed by atoms with Crippen molar-refractivity contribution in [2.24, 2.45) is 17.6 Å². The predicted molar refractivity (Wildman–Crippen MR) is 68.4 cm³/mol. The quantitative estimate of drug-likeness (QED) is 0.538. The van der Waals surface area contributed by atoms with Crippen LogP contribution in [0.5, 0.6) is 0 Å². The summed E-state index contributed by atoms with van der Waals surface area (Å²) in [6, 6.07) is 0. The van der Waals surface area contributed by atoms with E-state index in [0.29, 0.717) is 11.8 Å². The molecule has 0 aromatic carbocycles. The molecule has 0 amide bonds. The largest absolute Gasteiger partial charge is 0.495 e. The Morgan fingerprint density at radius 1 is 1.12 bits per heavy atom. The zero-order chi connectivity index (χ0) is 13.0. The lowest BCUT2D eigenvalue weighted by atomic mass is 9.94. The van der Waals surface area contributed by atoms with E-state index in [2.05, 4.69) is 33.9 Å². The minimum atomic E-state index is -0.453. The van der Waals surface area contributed by atoms with Gasteiger partial charge in [-0.25, -0.2) is 0 Å². The molecular formula is C12H25N3O. The van der Waals surface area contributed by atoms with Crippen molar-refractivity contribution in [3.8, 4) is 0 Å². The van der Waals surface area contributed by atoms with Crippen LogP contribution in [-0.4, -0.2) is 35.3 Å². The van der Waals surface area contributed by atoms with Gasteiger partial charge in [0.2, 0.25) is 0 Å². The summed E-state index contributed by atoms with van der Waals surface area (Å²) in [5.74, 6) is 0.797. The molecule has 4 nitrogen and oxygen atoms in total. The van der Waals surface area contributed by atoms with Crippen LogP contribution in [0.4, 0.5) is 0 Å². The molecule has 0 heterocycles. The summed E-state index contributed by atoms with van der Waals surface area (Å²) in [6.45, 7) is 13.9. The van der Waals surface area contributed by atoms with Gasteiger partial charge in [-0.05, 0) is 18.4 Å². The number of nitrogens with zero attached hydrogens (tertiary/aromatic N) is 2. The van der Waals surface area contributed by atoms with Crippen LogP contribution in [-0.2, 0) is 0 Å². The maximum atomic E-state index is 9.26. The lowest BCUT2D eigenvalue weighted by molar-refractivity contribution is 0.0869. The maximum Gasteiger partial charge on any atom is 0.181 e. The van der Waals surface area contributed by atoms with Crippen LogP contribution in [0.15, 0.2) is 24.7 Å². The number of nitrogens with two attached hydrogens (primary N) is 1. The van der Waals surface area contributed by atoms with Gasteiger partial charge in [0.1, 0.15) is 0 Å². The Bertz CT molecular complexity index is 263. The van der Waals surface area contributed by atoms with Gasteiger partial charge in [0.15, 0.2) is 12.2 Å². The van der Waals surface area contributed by atoms with Gasteiger partial charge < -0.3 is 14.9 Å². The van der Waals surface area contributed by atoms with E-state index in [9.17, 15) is 5.11 Å². The van der Waals surface area contributed by atoms with Crippen LogP contribution in [0, 0.1) is 11.8 Å². The zero-order valence-electron chi connectivity index (χ0n) is 11.1. The molecule has 4 heteroatoms. The molecule has 0 aromatic rings. The van der Waals surface area contributed by atoms with E-state index in [1.807, 2.05) is 11.9 Å². The van der Waals surface area contributed by atoms with E-state index < -0.39 is 6.29 Å². The number of aliphatic hydroxyl groups excluding tert-OH is 1. The summed E-state index contributed by atoms with van der Waals surface area (Å²) in [5.41, 5.74) is 6.92. The zero-order valence-corrected chi connectivity index (χ0v) is 11.1. The SMILES string of the molecule is C=C(O)N(C)C(N)N(C)C(=C)C(C)C(C)C. The molecule has 0 saturated heterocycles. The number of allylic oxidation sites excluding steroid dienone is 1. The first-order chi connectivity index (χ1) is 7.20. The molecule has 0 aromatic heterocycles. The van der Waals surface area contributed by atoms with Crippen molar-refractivity contribution in [1.29, 1.82) is 0 Å². The average Bonchev–Trinajstić information content (AvgIpc) is 2.23. The van der Waals surface area contributed by atoms with Crippen molar-refractivity contribution in [3.05, 3.63) is 24.7 Å². The lowest BCUT2D eigenvalue weighted by Gasteiger charge is -2.37. The van der Waals surface area contributed by atoms with Crippen molar-refractivity contribution < 1.29 is 5.11 Å². The molecule has 0 aliphatic heterocycles. The van der Waals surface area contributed by atoms with Crippen molar-refractivity contribution in [2.45, 2.75) is 27.1 Å². The van der Waals surface area contributed by atoms with E-state index in [0.717, 1.165) is 5.70 Å². The van der Waals surface area contributed by atoms with Gasteiger partial charge in [0, 0.05) is 19.8 Å². The summed E-state index contributed by atoms with van der Waals surface area (Å²) in [6.07, 6.45) is -0.453. The molecule has 0 saturated carbocycles. The summed E-state index contributed by atoms with van der Waals surface area (Å²) in [4.78, 5) is 3.35. The Hall–Kier alpha value is -1.16. The highest BCUT2D eigenvalue weighted by molar-refractivity contribution is 5.00. The highest BCUT2D eigenvalue weighted by Gasteiger charge is 2.21. The predicted octanol–water partition coefficient (Wildman–Crippen LogP) is 1.93. The Balaban J connectivity index is 4.61. The van der Waals surface area contributed by atoms with E-state index in [1.54, 1.807) is 7.05 Å². The third-order valence-corrected chi connectivity index (χ3v) is 3.18. The van der Waals surface area contributed by atoms with Crippen LogP contribution >= 0.6 is 0 Å². The molecule has 3 N–H and O–H groups in total. The van der Waals surface area contributed by atoms with Crippen molar-refractivity contribution in [3.63, 3.8) is 0 Å². The second-order valence-corrected chi connectivity index (χ2v) is 4.58. The van der Waals surface area contributed by atoms with Gasteiger partial charge in [0.25, 0.3) is 0 Å². The fourth-order valence-corrected chi connectivity index (χ4v) is 1.29. The van der Waals surface area contributed by atoms with Crippen molar-refractivity contribution >= 4 is 0 Å². The molecule has 0 aliphatic rings. The topological polar surface area (TPSA) is 52.7 Å². The molecule has 0 spiro atoms. The number of rotatable bonds is 6. The number of hydrogen-bond acceptors (Lipinski definition) is 4. The summed E-state index contributed by atoms with van der Waals surface area (Å²) in [7, 11) is 3.56. The van der Waals surface area contributed by atoms with Crippen LogP contribution in [0.2, 0.25) is 0 Å². The van der Waals surface area contributed by atoms with Crippen LogP contribution in [0.3, 0.4) is 0 Å². The maximum absolute atomic E-state index is 9.26. The van der Waals surface area contributed by atoms with Gasteiger partial charge >= 0.3 is 0 Å². The summed E-state index contributed by atoms with van der Waals surface area (Å²) >= 11 is 0. The van der Waals surface area contributed by atoms with Crippen LogP contribution in [0.25, 0.3) is 0 Å². The molecular weight excluding hydrogens is 202 g/mol. The lowest BCUT2D eigenvalue weighted by Crippen LogP contribution is -2.50. The van der Waals surface area contributed by atoms with E-state index in [4.69, 9.17) is 5.73 Å². The van der Waals surface area contributed by atoms with Gasteiger partial charge in [-0.15, -0.1) is 0 Å². The molecule has 2 atom stereocenters. The molecule has 0 radical (unpaired) electrons. The molecule has 0 rings (SSSR count). The Labute approximate surface area is 99.0 Å². The Morgan fingerprint density at radius 3 is 1.88 bits per heavy atom. The second-order valence-electron chi connectivity index (χ2n) is 4.58. The smallest absolute Gasteiger partial charge is 0.181 e. The highest BCUT2D eigenvalue weighted by Crippen LogP contribution is 2.22. The Morgan fingerprint density at radius 2 is 1.56 bits per heavy atom. The van der Waals surface area contributed by atoms with Gasteiger partial charge in [-0.3, -0.25) is 5.73 Å².